The number of aromatic nitrogens is 1. The first-order valence-corrected chi connectivity index (χ1v) is 8.36. The number of nitrogens with two attached hydrogens (primary N) is 2. The van der Waals surface area contributed by atoms with Gasteiger partial charge in [0.1, 0.15) is 29.3 Å². The van der Waals surface area contributed by atoms with Crippen LogP contribution < -0.4 is 22.1 Å². The number of nitrogens with one attached hydrogen (secondary N) is 2. The summed E-state index contributed by atoms with van der Waals surface area (Å²) in [5.74, 6) is 0.553. The van der Waals surface area contributed by atoms with Crippen molar-refractivity contribution >= 4 is 23.3 Å². The van der Waals surface area contributed by atoms with E-state index in [4.69, 9.17) is 21.5 Å². The minimum atomic E-state index is -0.601. The van der Waals surface area contributed by atoms with Crippen LogP contribution in [0, 0.1) is 22.8 Å². The van der Waals surface area contributed by atoms with Gasteiger partial charge in [0.2, 0.25) is 5.96 Å². The molecule has 140 valence electrons. The zero-order valence-corrected chi connectivity index (χ0v) is 14.9. The van der Waals surface area contributed by atoms with E-state index in [1.165, 1.54) is 0 Å². The molecule has 1 aliphatic rings. The molecule has 0 saturated heterocycles. The molecule has 6 N–H and O–H groups in total. The molecule has 1 aliphatic heterocycles. The van der Waals surface area contributed by atoms with E-state index < -0.39 is 6.04 Å². The lowest BCUT2D eigenvalue weighted by molar-refractivity contribution is 0.148. The van der Waals surface area contributed by atoms with E-state index >= 15 is 0 Å². The Bertz CT molecular complexity index is 1030. The Hall–Kier alpha value is -4.08. The lowest BCUT2D eigenvalue weighted by Crippen LogP contribution is -2.33. The number of aliphatic imine (C=N–C) groups is 1. The molecule has 1 unspecified atom stereocenters. The minimum absolute atomic E-state index is 0.00538. The molecule has 1 atom stereocenters. The molecule has 0 bridgehead atoms. The summed E-state index contributed by atoms with van der Waals surface area (Å²) in [7, 11) is 0. The Morgan fingerprint density at radius 1 is 1.32 bits per heavy atom. The van der Waals surface area contributed by atoms with Gasteiger partial charge >= 0.3 is 0 Å². The van der Waals surface area contributed by atoms with Crippen molar-refractivity contribution in [1.82, 2.24) is 10.3 Å². The summed E-state index contributed by atoms with van der Waals surface area (Å²) in [6.45, 7) is 4.38. The van der Waals surface area contributed by atoms with Crippen LogP contribution in [0.25, 0.3) is 0 Å². The molecule has 2 heterocycles. The number of fused-ring (bicyclic) bond motifs is 1. The van der Waals surface area contributed by atoms with Gasteiger partial charge in [0, 0.05) is 5.56 Å². The van der Waals surface area contributed by atoms with E-state index in [2.05, 4.69) is 27.2 Å². The first-order chi connectivity index (χ1) is 13.6. The molecule has 0 radical (unpaired) electrons. The molecule has 0 spiro atoms. The average molecular weight is 374 g/mol. The molecule has 3 rings (SSSR count). The predicted octanol–water partition coefficient (Wildman–Crippen LogP) is 1.76. The van der Waals surface area contributed by atoms with Crippen molar-refractivity contribution in [3.05, 3.63) is 59.2 Å². The fraction of sp³-hybridized carbons (Fsp3) is 0.158. The van der Waals surface area contributed by atoms with Gasteiger partial charge in [-0.05, 0) is 11.1 Å². The summed E-state index contributed by atoms with van der Waals surface area (Å²) in [5, 5.41) is 23.8. The normalized spacial score (nSPS) is 14.6. The summed E-state index contributed by atoms with van der Waals surface area (Å²) in [4.78, 5) is 8.81. The van der Waals surface area contributed by atoms with Crippen molar-refractivity contribution < 1.29 is 4.74 Å². The zero-order valence-electron chi connectivity index (χ0n) is 14.9. The van der Waals surface area contributed by atoms with Crippen LogP contribution in [0.2, 0.25) is 0 Å². The number of anilines is 3. The maximum atomic E-state index is 9.40. The van der Waals surface area contributed by atoms with Crippen molar-refractivity contribution in [2.24, 2.45) is 4.99 Å². The summed E-state index contributed by atoms with van der Waals surface area (Å²) < 4.78 is 5.59. The van der Waals surface area contributed by atoms with Gasteiger partial charge in [-0.15, -0.1) is 6.58 Å². The highest BCUT2D eigenvalue weighted by molar-refractivity contribution is 5.98. The number of pyridine rings is 1. The highest BCUT2D eigenvalue weighted by Crippen LogP contribution is 2.41. The van der Waals surface area contributed by atoms with Gasteiger partial charge in [-0.3, -0.25) is 5.32 Å². The third-order valence-corrected chi connectivity index (χ3v) is 4.20. The van der Waals surface area contributed by atoms with Crippen LogP contribution in [-0.2, 0) is 11.3 Å². The summed E-state index contributed by atoms with van der Waals surface area (Å²) in [6, 6.07) is 8.95. The average Bonchev–Trinajstić information content (AvgIpc) is 2.68. The third-order valence-electron chi connectivity index (χ3n) is 4.20. The van der Waals surface area contributed by atoms with Gasteiger partial charge in [-0.25, -0.2) is 9.98 Å². The zero-order chi connectivity index (χ0) is 20.1. The molecule has 2 aromatic rings. The van der Waals surface area contributed by atoms with E-state index in [-0.39, 0.29) is 23.0 Å². The molecule has 0 fully saturated rings. The monoisotopic (exact) mass is 374 g/mol. The number of hydrogen-bond acceptors (Lipinski definition) is 9. The maximum absolute atomic E-state index is 9.40. The SMILES string of the molecule is C=CCOCc1ccccc1C1N=C(NC#N)Nc2nc(N)c(C#N)c(N)c21. The number of nitriles is 2. The molecular weight excluding hydrogens is 356 g/mol. The van der Waals surface area contributed by atoms with Crippen LogP contribution in [0.15, 0.2) is 41.9 Å². The quantitative estimate of drug-likeness (QED) is 0.267. The second-order valence-electron chi connectivity index (χ2n) is 5.90. The first-order valence-electron chi connectivity index (χ1n) is 8.36. The summed E-state index contributed by atoms with van der Waals surface area (Å²) in [6.07, 6.45) is 3.49. The van der Waals surface area contributed by atoms with Crippen LogP contribution in [0.5, 0.6) is 0 Å². The molecule has 9 heteroatoms. The number of nitrogen functional groups attached to an aromatic ring is 2. The van der Waals surface area contributed by atoms with Crippen molar-refractivity contribution in [2.75, 3.05) is 23.4 Å². The Labute approximate surface area is 162 Å². The number of guanidine groups is 1. The van der Waals surface area contributed by atoms with Gasteiger partial charge in [0.05, 0.1) is 18.9 Å². The lowest BCUT2D eigenvalue weighted by Gasteiger charge is -2.27. The fourth-order valence-corrected chi connectivity index (χ4v) is 2.99. The van der Waals surface area contributed by atoms with Crippen molar-refractivity contribution in [1.29, 1.82) is 10.5 Å². The Kier molecular flexibility index (Phi) is 5.40. The molecule has 0 saturated carbocycles. The Balaban J connectivity index is 2.17. The lowest BCUT2D eigenvalue weighted by atomic mass is 9.92. The van der Waals surface area contributed by atoms with Crippen LogP contribution in [0.3, 0.4) is 0 Å². The molecule has 1 aromatic heterocycles. The number of ether oxygens (including phenoxy) is 1. The van der Waals surface area contributed by atoms with E-state index in [1.54, 1.807) is 6.08 Å². The number of rotatable bonds is 5. The topological polar surface area (TPSA) is 158 Å². The predicted molar refractivity (Wildman–Crippen MR) is 106 cm³/mol. The van der Waals surface area contributed by atoms with E-state index in [1.807, 2.05) is 36.5 Å². The minimum Gasteiger partial charge on any atom is -0.397 e. The second kappa shape index (κ2) is 8.08. The van der Waals surface area contributed by atoms with Gasteiger partial charge in [0.15, 0.2) is 6.19 Å². The maximum Gasteiger partial charge on any atom is 0.211 e. The Morgan fingerprint density at radius 2 is 2.11 bits per heavy atom. The van der Waals surface area contributed by atoms with Crippen LogP contribution >= 0.6 is 0 Å². The molecular formula is C19H18N8O. The van der Waals surface area contributed by atoms with Crippen LogP contribution in [0.1, 0.15) is 28.3 Å². The van der Waals surface area contributed by atoms with E-state index in [0.717, 1.165) is 11.1 Å². The van der Waals surface area contributed by atoms with Crippen LogP contribution in [-0.4, -0.2) is 17.6 Å². The van der Waals surface area contributed by atoms with Crippen molar-refractivity contribution in [2.45, 2.75) is 12.6 Å². The smallest absolute Gasteiger partial charge is 0.211 e. The summed E-state index contributed by atoms with van der Waals surface area (Å²) in [5.41, 5.74) is 14.6. The van der Waals surface area contributed by atoms with Gasteiger partial charge in [0.25, 0.3) is 0 Å². The molecule has 1 aromatic carbocycles. The summed E-state index contributed by atoms with van der Waals surface area (Å²) >= 11 is 0. The van der Waals surface area contributed by atoms with Crippen molar-refractivity contribution in [3.8, 4) is 12.3 Å². The van der Waals surface area contributed by atoms with Gasteiger partial charge in [-0.2, -0.15) is 10.5 Å². The van der Waals surface area contributed by atoms with E-state index in [9.17, 15) is 5.26 Å². The largest absolute Gasteiger partial charge is 0.397 e. The van der Waals surface area contributed by atoms with Crippen molar-refractivity contribution in [3.63, 3.8) is 0 Å². The number of hydrogen-bond donors (Lipinski definition) is 4. The second-order valence-corrected chi connectivity index (χ2v) is 5.90. The third kappa shape index (κ3) is 3.43. The highest BCUT2D eigenvalue weighted by atomic mass is 16.5. The molecule has 9 nitrogen and oxygen atoms in total. The standard InChI is InChI=1S/C19H18N8O/c1-2-7-28-9-11-5-3-4-6-12(11)16-14-15(22)13(8-20)17(23)26-18(14)27-19(25-16)24-10-21/h2-6,16H,1,7,9H2,(H6,22,23,24,25,26,27). The fourth-order valence-electron chi connectivity index (χ4n) is 2.99. The van der Waals surface area contributed by atoms with Gasteiger partial charge < -0.3 is 21.5 Å². The molecule has 0 amide bonds. The van der Waals surface area contributed by atoms with Gasteiger partial charge in [-0.1, -0.05) is 30.3 Å². The molecule has 28 heavy (non-hydrogen) atoms. The van der Waals surface area contributed by atoms with E-state index in [0.29, 0.717) is 24.6 Å². The number of nitrogens with zero attached hydrogens (tertiary/aromatic N) is 4. The number of benzene rings is 1. The molecule has 0 aliphatic carbocycles. The van der Waals surface area contributed by atoms with Crippen LogP contribution in [0.4, 0.5) is 17.3 Å². The first kappa shape index (κ1) is 18.7. The highest BCUT2D eigenvalue weighted by Gasteiger charge is 2.30. The Morgan fingerprint density at radius 3 is 2.82 bits per heavy atom.